The summed E-state index contributed by atoms with van der Waals surface area (Å²) in [5.41, 5.74) is 4.31. The molecule has 0 saturated heterocycles. The maximum Gasteiger partial charge on any atom is 0.00761 e. The summed E-state index contributed by atoms with van der Waals surface area (Å²) in [7, 11) is 1.16. The first-order chi connectivity index (χ1) is 6.22. The van der Waals surface area contributed by atoms with Gasteiger partial charge in [0.15, 0.2) is 0 Å². The fourth-order valence-corrected chi connectivity index (χ4v) is 2.53. The highest BCUT2D eigenvalue weighted by atomic mass is 31.1. The van der Waals surface area contributed by atoms with E-state index in [0.717, 1.165) is 21.0 Å². The first-order valence-electron chi connectivity index (χ1n) is 4.82. The van der Waals surface area contributed by atoms with E-state index in [1.54, 1.807) is 0 Å². The number of rotatable bonds is 3. The topological polar surface area (TPSA) is 0 Å². The van der Waals surface area contributed by atoms with Gasteiger partial charge in [-0.05, 0) is 30.9 Å². The summed E-state index contributed by atoms with van der Waals surface area (Å²) >= 11 is 0. The van der Waals surface area contributed by atoms with Crippen LogP contribution >= 0.6 is 8.20 Å². The highest BCUT2D eigenvalue weighted by Crippen LogP contribution is 2.13. The van der Waals surface area contributed by atoms with E-state index >= 15 is 0 Å². The van der Waals surface area contributed by atoms with E-state index in [0.29, 0.717) is 0 Å². The van der Waals surface area contributed by atoms with Gasteiger partial charge in [-0.3, -0.25) is 0 Å². The van der Waals surface area contributed by atoms with Crippen LogP contribution in [0.3, 0.4) is 0 Å². The lowest BCUT2D eigenvalue weighted by molar-refractivity contribution is 1.10. The second kappa shape index (κ2) is 4.58. The Morgan fingerprint density at radius 3 is 1.92 bits per heavy atom. The molecule has 0 atom stereocenters. The van der Waals surface area contributed by atoms with Crippen LogP contribution in [0.25, 0.3) is 0 Å². The van der Waals surface area contributed by atoms with E-state index in [9.17, 15) is 0 Å². The molecule has 0 aliphatic rings. The van der Waals surface area contributed by atoms with Gasteiger partial charge in [-0.15, -0.1) is 0 Å². The van der Waals surface area contributed by atoms with Gasteiger partial charge in [-0.2, -0.15) is 0 Å². The number of benzene rings is 1. The molecular weight excluding hydrogens is 175 g/mol. The van der Waals surface area contributed by atoms with Crippen LogP contribution < -0.4 is 5.30 Å². The molecule has 13 heavy (non-hydrogen) atoms. The highest BCUT2D eigenvalue weighted by molar-refractivity contribution is 7.45. The maximum atomic E-state index is 3.98. The molecule has 1 heteroatoms. The van der Waals surface area contributed by atoms with Crippen LogP contribution in [0.1, 0.15) is 30.5 Å². The normalized spacial score (nSPS) is 10.7. The molecule has 1 aromatic carbocycles. The lowest BCUT2D eigenvalue weighted by atomic mass is 10.0. The zero-order chi connectivity index (χ0) is 9.84. The monoisotopic (exact) mass is 192 g/mol. The van der Waals surface area contributed by atoms with Crippen molar-refractivity contribution in [1.82, 2.24) is 0 Å². The van der Waals surface area contributed by atoms with Gasteiger partial charge in [-0.25, -0.2) is 0 Å². The van der Waals surface area contributed by atoms with Crippen molar-refractivity contribution < 1.29 is 0 Å². The molecule has 0 aliphatic heterocycles. The van der Waals surface area contributed by atoms with Gasteiger partial charge < -0.3 is 0 Å². The zero-order valence-corrected chi connectivity index (χ0v) is 9.62. The fraction of sp³-hybridized carbons (Fsp3) is 0.417. The minimum atomic E-state index is 1.12. The highest BCUT2D eigenvalue weighted by Gasteiger charge is 2.04. The van der Waals surface area contributed by atoms with E-state index in [1.807, 2.05) is 0 Å². The third kappa shape index (κ3) is 2.19. The van der Waals surface area contributed by atoms with Gasteiger partial charge in [0.2, 0.25) is 0 Å². The molecule has 0 N–H and O–H groups in total. The van der Waals surface area contributed by atoms with Crippen LogP contribution in [0.15, 0.2) is 12.1 Å². The first-order valence-corrected chi connectivity index (χ1v) is 5.90. The summed E-state index contributed by atoms with van der Waals surface area (Å²) in [5, 5.41) is 1.44. The van der Waals surface area contributed by atoms with Crippen LogP contribution in [0.4, 0.5) is 0 Å². The predicted molar refractivity (Wildman–Crippen MR) is 63.6 cm³/mol. The van der Waals surface area contributed by atoms with Gasteiger partial charge in [0.1, 0.15) is 0 Å². The largest absolute Gasteiger partial charge is 0.0758 e. The fourth-order valence-electron chi connectivity index (χ4n) is 1.68. The molecule has 0 spiro atoms. The SMILES string of the molecule is C=Pc1c(CC)cc(C)cc1CC. The third-order valence-corrected chi connectivity index (χ3v) is 3.22. The van der Waals surface area contributed by atoms with Crippen LogP contribution in [0, 0.1) is 6.92 Å². The molecule has 0 unspecified atom stereocenters. The van der Waals surface area contributed by atoms with E-state index in [-0.39, 0.29) is 0 Å². The standard InChI is InChI=1S/C12H17P/c1-5-10-7-9(3)8-11(6-2)12(10)13-4/h7-8H,4-6H2,1-3H3. The zero-order valence-electron chi connectivity index (χ0n) is 8.72. The summed E-state index contributed by atoms with van der Waals surface area (Å²) in [6, 6.07) is 4.57. The van der Waals surface area contributed by atoms with Crippen molar-refractivity contribution in [2.24, 2.45) is 0 Å². The Labute approximate surface area is 82.8 Å². The van der Waals surface area contributed by atoms with E-state index in [2.05, 4.69) is 39.2 Å². The van der Waals surface area contributed by atoms with Crippen LogP contribution in [0.2, 0.25) is 0 Å². The number of hydrogen-bond donors (Lipinski definition) is 0. The summed E-state index contributed by atoms with van der Waals surface area (Å²) in [5.74, 6) is 0. The van der Waals surface area contributed by atoms with E-state index in [1.165, 1.54) is 22.0 Å². The Morgan fingerprint density at radius 2 is 1.62 bits per heavy atom. The molecule has 0 amide bonds. The number of hydrogen-bond acceptors (Lipinski definition) is 0. The van der Waals surface area contributed by atoms with Crippen molar-refractivity contribution >= 4 is 19.8 Å². The van der Waals surface area contributed by atoms with Gasteiger partial charge in [0.05, 0.1) is 0 Å². The van der Waals surface area contributed by atoms with Gasteiger partial charge in [0, 0.05) is 5.30 Å². The summed E-state index contributed by atoms with van der Waals surface area (Å²) in [4.78, 5) is 0. The van der Waals surface area contributed by atoms with Crippen molar-refractivity contribution in [1.29, 1.82) is 0 Å². The minimum absolute atomic E-state index is 1.12. The van der Waals surface area contributed by atoms with Crippen LogP contribution in [-0.2, 0) is 12.8 Å². The Hall–Kier alpha value is -0.610. The van der Waals surface area contributed by atoms with Crippen molar-refractivity contribution in [3.8, 4) is 0 Å². The third-order valence-electron chi connectivity index (χ3n) is 2.33. The molecule has 0 aromatic heterocycles. The summed E-state index contributed by atoms with van der Waals surface area (Å²) < 4.78 is 0. The van der Waals surface area contributed by atoms with E-state index < -0.39 is 0 Å². The molecule has 1 aromatic rings. The molecule has 0 bridgehead atoms. The lowest BCUT2D eigenvalue weighted by Crippen LogP contribution is -2.08. The average molecular weight is 192 g/mol. The van der Waals surface area contributed by atoms with Crippen molar-refractivity contribution in [2.45, 2.75) is 33.6 Å². The second-order valence-corrected chi connectivity index (χ2v) is 4.06. The van der Waals surface area contributed by atoms with Crippen molar-refractivity contribution in [2.75, 3.05) is 0 Å². The summed E-state index contributed by atoms with van der Waals surface area (Å²) in [6.07, 6.45) is 6.21. The molecule has 0 nitrogen and oxygen atoms in total. The van der Waals surface area contributed by atoms with E-state index in [4.69, 9.17) is 0 Å². The molecule has 0 saturated carbocycles. The molecule has 70 valence electrons. The molecule has 0 aliphatic carbocycles. The maximum absolute atomic E-state index is 3.98. The Kier molecular flexibility index (Phi) is 3.69. The summed E-state index contributed by atoms with van der Waals surface area (Å²) in [6.45, 7) is 6.59. The lowest BCUT2D eigenvalue weighted by Gasteiger charge is -2.10. The van der Waals surface area contributed by atoms with Gasteiger partial charge in [-0.1, -0.05) is 46.0 Å². The molecule has 0 heterocycles. The predicted octanol–water partition coefficient (Wildman–Crippen LogP) is 3.12. The Morgan fingerprint density at radius 1 is 1.15 bits per heavy atom. The first kappa shape index (κ1) is 10.5. The minimum Gasteiger partial charge on any atom is -0.0758 e. The molecule has 0 radical (unpaired) electrons. The van der Waals surface area contributed by atoms with Crippen molar-refractivity contribution in [3.05, 3.63) is 28.8 Å². The van der Waals surface area contributed by atoms with Crippen LogP contribution in [0.5, 0.6) is 0 Å². The molecule has 1 rings (SSSR count). The average Bonchev–Trinajstić information content (AvgIpc) is 2.16. The van der Waals surface area contributed by atoms with Crippen molar-refractivity contribution in [3.63, 3.8) is 0 Å². The quantitative estimate of drug-likeness (QED) is 0.645. The van der Waals surface area contributed by atoms with Crippen LogP contribution in [-0.4, -0.2) is 6.30 Å². The smallest absolute Gasteiger partial charge is 0.00761 e. The molecule has 0 fully saturated rings. The Balaban J connectivity index is 3.33. The molecular formula is C12H17P. The Bertz CT molecular complexity index is 288. The van der Waals surface area contributed by atoms with Gasteiger partial charge in [0.25, 0.3) is 0 Å². The van der Waals surface area contributed by atoms with Gasteiger partial charge >= 0.3 is 0 Å². The second-order valence-electron chi connectivity index (χ2n) is 3.30. The number of aryl methyl sites for hydroxylation is 3.